The zero-order chi connectivity index (χ0) is 21.7. The second-order valence-corrected chi connectivity index (χ2v) is 7.81. The van der Waals surface area contributed by atoms with Gasteiger partial charge in [0.2, 0.25) is 0 Å². The molecule has 0 spiro atoms. The van der Waals surface area contributed by atoms with Crippen molar-refractivity contribution in [3.05, 3.63) is 51.3 Å². The van der Waals surface area contributed by atoms with E-state index in [1.807, 2.05) is 27.7 Å². The number of benzene rings is 1. The Bertz CT molecular complexity index is 815. The van der Waals surface area contributed by atoms with Gasteiger partial charge in [-0.2, -0.15) is 0 Å². The Morgan fingerprint density at radius 2 is 2.00 bits per heavy atom. The van der Waals surface area contributed by atoms with Crippen molar-refractivity contribution in [2.75, 3.05) is 13.2 Å². The number of carbonyl (C=O) groups is 2. The average molecular weight is 404 g/mol. The Labute approximate surface area is 170 Å². The van der Waals surface area contributed by atoms with Crippen LogP contribution in [0.1, 0.15) is 52.1 Å². The van der Waals surface area contributed by atoms with Crippen LogP contribution in [0.3, 0.4) is 0 Å². The van der Waals surface area contributed by atoms with Gasteiger partial charge in [0, 0.05) is 31.7 Å². The van der Waals surface area contributed by atoms with Gasteiger partial charge in [0.25, 0.3) is 11.6 Å². The van der Waals surface area contributed by atoms with Crippen molar-refractivity contribution in [3.63, 3.8) is 0 Å². The maximum Gasteiger partial charge on any atom is 0.290 e. The second kappa shape index (κ2) is 9.65. The lowest BCUT2D eigenvalue weighted by Crippen LogP contribution is -2.33. The largest absolute Gasteiger partial charge is 0.503 e. The SMILES string of the molecule is CC(C)CC(=O)C1=C(O)C(=O)N(CCCOC(C)C)C1c1cccc([N+](=O)[O-])c1. The monoisotopic (exact) mass is 404 g/mol. The van der Waals surface area contributed by atoms with Crippen LogP contribution in [0, 0.1) is 16.0 Å². The van der Waals surface area contributed by atoms with Crippen molar-refractivity contribution < 1.29 is 24.4 Å². The van der Waals surface area contributed by atoms with E-state index in [1.165, 1.54) is 23.1 Å². The molecule has 29 heavy (non-hydrogen) atoms. The highest BCUT2D eigenvalue weighted by Crippen LogP contribution is 2.39. The Morgan fingerprint density at radius 3 is 2.59 bits per heavy atom. The number of ether oxygens (including phenoxy) is 1. The van der Waals surface area contributed by atoms with Crippen molar-refractivity contribution >= 4 is 17.4 Å². The van der Waals surface area contributed by atoms with Crippen molar-refractivity contribution in [1.29, 1.82) is 0 Å². The Hall–Kier alpha value is -2.74. The van der Waals surface area contributed by atoms with Crippen LogP contribution in [0.4, 0.5) is 5.69 Å². The summed E-state index contributed by atoms with van der Waals surface area (Å²) in [4.78, 5) is 37.6. The minimum Gasteiger partial charge on any atom is -0.503 e. The van der Waals surface area contributed by atoms with Gasteiger partial charge < -0.3 is 14.7 Å². The molecular weight excluding hydrogens is 376 g/mol. The molecule has 158 valence electrons. The molecule has 1 unspecified atom stereocenters. The summed E-state index contributed by atoms with van der Waals surface area (Å²) in [5.41, 5.74) is 0.294. The van der Waals surface area contributed by atoms with Gasteiger partial charge in [-0.25, -0.2) is 0 Å². The van der Waals surface area contributed by atoms with E-state index >= 15 is 0 Å². The summed E-state index contributed by atoms with van der Waals surface area (Å²) in [5.74, 6) is -1.50. The number of rotatable bonds is 10. The molecular formula is C21H28N2O6. The first kappa shape index (κ1) is 22.5. The lowest BCUT2D eigenvalue weighted by Gasteiger charge is -2.27. The number of nitro benzene ring substituents is 1. The van der Waals surface area contributed by atoms with Crippen LogP contribution in [-0.4, -0.2) is 45.9 Å². The van der Waals surface area contributed by atoms with Crippen LogP contribution in [0.25, 0.3) is 0 Å². The molecule has 1 aromatic carbocycles. The number of hydrogen-bond acceptors (Lipinski definition) is 6. The third-order valence-electron chi connectivity index (χ3n) is 4.59. The summed E-state index contributed by atoms with van der Waals surface area (Å²) in [7, 11) is 0. The lowest BCUT2D eigenvalue weighted by atomic mass is 9.92. The van der Waals surface area contributed by atoms with E-state index < -0.39 is 22.6 Å². The van der Waals surface area contributed by atoms with Crippen LogP contribution in [0.5, 0.6) is 0 Å². The summed E-state index contributed by atoms with van der Waals surface area (Å²) in [5, 5.41) is 21.7. The van der Waals surface area contributed by atoms with Gasteiger partial charge in [-0.05, 0) is 31.7 Å². The van der Waals surface area contributed by atoms with Crippen molar-refractivity contribution in [2.24, 2.45) is 5.92 Å². The van der Waals surface area contributed by atoms with Crippen molar-refractivity contribution in [2.45, 2.75) is 52.7 Å². The summed E-state index contributed by atoms with van der Waals surface area (Å²) >= 11 is 0. The smallest absolute Gasteiger partial charge is 0.290 e. The van der Waals surface area contributed by atoms with Gasteiger partial charge in [-0.15, -0.1) is 0 Å². The van der Waals surface area contributed by atoms with Gasteiger partial charge in [0.05, 0.1) is 22.6 Å². The molecule has 0 radical (unpaired) electrons. The Morgan fingerprint density at radius 1 is 1.31 bits per heavy atom. The zero-order valence-electron chi connectivity index (χ0n) is 17.3. The number of Topliss-reactive ketones (excluding diaryl/α,β-unsaturated/α-hetero) is 1. The topological polar surface area (TPSA) is 110 Å². The summed E-state index contributed by atoms with van der Waals surface area (Å²) in [6.45, 7) is 8.22. The molecule has 1 aromatic rings. The molecule has 1 aliphatic rings. The van der Waals surface area contributed by atoms with E-state index in [4.69, 9.17) is 4.74 Å². The highest BCUT2D eigenvalue weighted by atomic mass is 16.6. The predicted molar refractivity (Wildman–Crippen MR) is 107 cm³/mol. The van der Waals surface area contributed by atoms with Crippen molar-refractivity contribution in [1.82, 2.24) is 4.90 Å². The molecule has 8 heteroatoms. The molecule has 0 aliphatic carbocycles. The molecule has 8 nitrogen and oxygen atoms in total. The molecule has 1 atom stereocenters. The molecule has 0 bridgehead atoms. The normalized spacial score (nSPS) is 17.0. The quantitative estimate of drug-likeness (QED) is 0.361. The Kier molecular flexibility index (Phi) is 7.50. The van der Waals surface area contributed by atoms with E-state index in [1.54, 1.807) is 6.07 Å². The number of carbonyl (C=O) groups excluding carboxylic acids is 2. The number of ketones is 1. The number of aliphatic hydroxyl groups is 1. The number of non-ortho nitro benzene ring substituents is 1. The van der Waals surface area contributed by atoms with Crippen LogP contribution in [-0.2, 0) is 14.3 Å². The fourth-order valence-electron chi connectivity index (χ4n) is 3.36. The Balaban J connectivity index is 2.40. The molecule has 2 rings (SSSR count). The molecule has 1 N–H and O–H groups in total. The number of nitrogens with zero attached hydrogens (tertiary/aromatic N) is 2. The van der Waals surface area contributed by atoms with Gasteiger partial charge in [0.1, 0.15) is 0 Å². The standard InChI is InChI=1S/C21H28N2O6/c1-13(2)11-17(24)18-19(15-7-5-8-16(12-15)23(27)28)22(21(26)20(18)25)9-6-10-29-14(3)4/h5,7-8,12-14,19,25H,6,9-11H2,1-4H3. The van der Waals surface area contributed by atoms with Crippen LogP contribution < -0.4 is 0 Å². The summed E-state index contributed by atoms with van der Waals surface area (Å²) in [6.07, 6.45) is 0.725. The molecule has 1 heterocycles. The van der Waals surface area contributed by atoms with Crippen LogP contribution in [0.15, 0.2) is 35.6 Å². The molecule has 1 amide bonds. The summed E-state index contributed by atoms with van der Waals surface area (Å²) in [6, 6.07) is 4.98. The summed E-state index contributed by atoms with van der Waals surface area (Å²) < 4.78 is 5.51. The number of hydrogen-bond donors (Lipinski definition) is 1. The van der Waals surface area contributed by atoms with Crippen molar-refractivity contribution in [3.8, 4) is 0 Å². The molecule has 0 saturated heterocycles. The zero-order valence-corrected chi connectivity index (χ0v) is 17.3. The highest BCUT2D eigenvalue weighted by molar-refractivity contribution is 6.09. The van der Waals surface area contributed by atoms with Gasteiger partial charge in [-0.3, -0.25) is 19.7 Å². The first-order valence-electron chi connectivity index (χ1n) is 9.76. The van der Waals surface area contributed by atoms with E-state index in [9.17, 15) is 24.8 Å². The predicted octanol–water partition coefficient (Wildman–Crippen LogP) is 3.72. The van der Waals surface area contributed by atoms with E-state index in [2.05, 4.69) is 0 Å². The first-order valence-corrected chi connectivity index (χ1v) is 9.76. The number of nitro groups is 1. The maximum absolute atomic E-state index is 12.8. The van der Waals surface area contributed by atoms with Crippen LogP contribution >= 0.6 is 0 Å². The fourth-order valence-corrected chi connectivity index (χ4v) is 3.36. The third-order valence-corrected chi connectivity index (χ3v) is 4.59. The lowest BCUT2D eigenvalue weighted by molar-refractivity contribution is -0.384. The average Bonchev–Trinajstić information content (AvgIpc) is 2.89. The van der Waals surface area contributed by atoms with E-state index in [-0.39, 0.29) is 42.0 Å². The number of amides is 1. The van der Waals surface area contributed by atoms with E-state index in [0.717, 1.165) is 0 Å². The molecule has 0 saturated carbocycles. The third kappa shape index (κ3) is 5.41. The first-order chi connectivity index (χ1) is 13.6. The van der Waals surface area contributed by atoms with E-state index in [0.29, 0.717) is 18.6 Å². The second-order valence-electron chi connectivity index (χ2n) is 7.81. The maximum atomic E-state index is 12.8. The highest BCUT2D eigenvalue weighted by Gasteiger charge is 2.43. The fraction of sp³-hybridized carbons (Fsp3) is 0.524. The molecule has 0 aromatic heterocycles. The minimum absolute atomic E-state index is 0.00831. The molecule has 1 aliphatic heterocycles. The number of aliphatic hydroxyl groups excluding tert-OH is 1. The van der Waals surface area contributed by atoms with Crippen LogP contribution in [0.2, 0.25) is 0 Å². The van der Waals surface area contributed by atoms with Gasteiger partial charge >= 0.3 is 0 Å². The van der Waals surface area contributed by atoms with Gasteiger partial charge in [0.15, 0.2) is 11.5 Å². The molecule has 0 fully saturated rings. The van der Waals surface area contributed by atoms with Gasteiger partial charge in [-0.1, -0.05) is 26.0 Å². The minimum atomic E-state index is -0.854.